The zero-order chi connectivity index (χ0) is 44.0. The molecule has 0 aromatic heterocycles. The molecule has 0 radical (unpaired) electrons. The van der Waals surface area contributed by atoms with Crippen molar-refractivity contribution in [3.8, 4) is 0 Å². The molecule has 6 fully saturated rings. The highest BCUT2D eigenvalue weighted by Gasteiger charge is 2.35. The maximum atomic E-state index is 11.8. The number of benzene rings is 1. The van der Waals surface area contributed by atoms with Crippen LogP contribution in [0.5, 0.6) is 0 Å². The first kappa shape index (κ1) is 52.7. The van der Waals surface area contributed by atoms with Gasteiger partial charge in [-0.2, -0.15) is 0 Å². The van der Waals surface area contributed by atoms with E-state index in [1.54, 1.807) is 0 Å². The molecule has 2 saturated carbocycles. The van der Waals surface area contributed by atoms with Crippen molar-refractivity contribution < 1.29 is 4.79 Å². The van der Waals surface area contributed by atoms with E-state index >= 15 is 0 Å². The highest BCUT2D eigenvalue weighted by atomic mass is 16.2. The van der Waals surface area contributed by atoms with Crippen LogP contribution in [0.4, 0.5) is 5.69 Å². The van der Waals surface area contributed by atoms with Crippen molar-refractivity contribution in [2.45, 2.75) is 152 Å². The van der Waals surface area contributed by atoms with Crippen molar-refractivity contribution in [3.63, 3.8) is 0 Å². The van der Waals surface area contributed by atoms with Gasteiger partial charge in [-0.1, -0.05) is 107 Å². The summed E-state index contributed by atoms with van der Waals surface area (Å²) in [4.78, 5) is 26.3. The number of carbonyl (C=O) groups is 1. The van der Waals surface area contributed by atoms with Crippen LogP contribution in [0.1, 0.15) is 158 Å². The number of nitrogens with zero attached hydrogens (tertiary/aromatic N) is 6. The van der Waals surface area contributed by atoms with E-state index in [1.807, 2.05) is 0 Å². The number of likely N-dealkylation sites (tertiary alicyclic amines) is 2. The summed E-state index contributed by atoms with van der Waals surface area (Å²) in [5, 5.41) is 0. The topological polar surface area (TPSA) is 36.5 Å². The fourth-order valence-electron chi connectivity index (χ4n) is 9.72. The predicted octanol–water partition coefficient (Wildman–Crippen LogP) is 11.1. The number of likely N-dealkylation sites (N-methyl/N-ethyl adjacent to an activating group) is 2. The lowest BCUT2D eigenvalue weighted by Crippen LogP contribution is -2.45. The first-order chi connectivity index (χ1) is 28.6. The molecule has 0 unspecified atom stereocenters. The monoisotopic (exact) mass is 837 g/mol. The van der Waals surface area contributed by atoms with Gasteiger partial charge in [-0.25, -0.2) is 0 Å². The molecule has 7 heteroatoms. The molecule has 60 heavy (non-hydrogen) atoms. The molecule has 7 nitrogen and oxygen atoms in total. The Balaban J connectivity index is 0.000000204. The Morgan fingerprint density at radius 2 is 0.933 bits per heavy atom. The highest BCUT2D eigenvalue weighted by molar-refractivity contribution is 5.81. The zero-order valence-corrected chi connectivity index (χ0v) is 41.9. The molecule has 1 aromatic carbocycles. The van der Waals surface area contributed by atoms with Crippen LogP contribution in [0.25, 0.3) is 0 Å². The molecule has 0 bridgehead atoms. The smallest absolute Gasteiger partial charge is 0.225 e. The molecule has 6 aliphatic rings. The molecule has 348 valence electrons. The second-order valence-corrected chi connectivity index (χ2v) is 21.9. The molecule has 1 aromatic rings. The molecule has 0 N–H and O–H groups in total. The van der Waals surface area contributed by atoms with Crippen molar-refractivity contribution in [1.82, 2.24) is 24.5 Å². The van der Waals surface area contributed by atoms with E-state index in [0.29, 0.717) is 17.7 Å². The van der Waals surface area contributed by atoms with Gasteiger partial charge in [-0.3, -0.25) is 4.79 Å². The van der Waals surface area contributed by atoms with Gasteiger partial charge in [0.05, 0.1) is 0 Å². The van der Waals surface area contributed by atoms with Crippen LogP contribution in [-0.4, -0.2) is 136 Å². The number of rotatable bonds is 11. The van der Waals surface area contributed by atoms with Crippen molar-refractivity contribution in [3.05, 3.63) is 29.8 Å². The van der Waals surface area contributed by atoms with Crippen LogP contribution < -0.4 is 4.90 Å². The van der Waals surface area contributed by atoms with Gasteiger partial charge in [0.2, 0.25) is 5.91 Å². The molecule has 7 rings (SSSR count). The minimum atomic E-state index is 0.409. The van der Waals surface area contributed by atoms with Gasteiger partial charge in [0.25, 0.3) is 0 Å². The summed E-state index contributed by atoms with van der Waals surface area (Å²) in [6, 6.07) is 9.05. The molecular weight excluding hydrogens is 737 g/mol. The highest BCUT2D eigenvalue weighted by Crippen LogP contribution is 2.33. The molecule has 4 aliphatic heterocycles. The molecule has 4 saturated heterocycles. The van der Waals surface area contributed by atoms with Crippen molar-refractivity contribution in [1.29, 1.82) is 0 Å². The maximum absolute atomic E-state index is 11.8. The second kappa shape index (κ2) is 28.9. The number of piperazine rings is 2. The Morgan fingerprint density at radius 1 is 0.500 bits per heavy atom. The summed E-state index contributed by atoms with van der Waals surface area (Å²) < 4.78 is 0. The molecule has 1 amide bonds. The Morgan fingerprint density at radius 3 is 1.35 bits per heavy atom. The average Bonchev–Trinajstić information content (AvgIpc) is 3.70. The van der Waals surface area contributed by atoms with Gasteiger partial charge in [0.15, 0.2) is 0 Å². The summed E-state index contributed by atoms with van der Waals surface area (Å²) in [5.41, 5.74) is 2.80. The number of piperidine rings is 1. The number of carbonyl (C=O) groups excluding carboxylic acids is 1. The standard InChI is InChI=1S/C14H22N2.C13H23NO.C9H20N2.C9H18.C8H17N/c1-12(2)13-4-6-14(7-5-13)16-10-8-15(3)9-11-16;1-10(2)9-11-5-7-14(8-6-11)13(15)12-3-4-12;1-9(2)8-11-6-4-10(3)5-7-11;2*1-8(2)7-9-5-3-4-6-9/h4-7,12H,8-11H2,1-3H3;10-12H,3-9H2,1-2H3;9H,4-8H2,1-3H3;8-9H,3-7H2,1-2H3;8H,3-7H2,1-2H3. The van der Waals surface area contributed by atoms with Crippen LogP contribution in [0.3, 0.4) is 0 Å². The Labute approximate surface area is 373 Å². The van der Waals surface area contributed by atoms with Gasteiger partial charge in [0.1, 0.15) is 0 Å². The number of hydrogen-bond acceptors (Lipinski definition) is 6. The number of hydrogen-bond donors (Lipinski definition) is 0. The third kappa shape index (κ3) is 22.6. The van der Waals surface area contributed by atoms with E-state index in [4.69, 9.17) is 0 Å². The van der Waals surface area contributed by atoms with Crippen LogP contribution in [0, 0.1) is 41.4 Å². The van der Waals surface area contributed by atoms with Gasteiger partial charge >= 0.3 is 0 Å². The van der Waals surface area contributed by atoms with E-state index < -0.39 is 0 Å². The van der Waals surface area contributed by atoms with Crippen molar-refractivity contribution in [2.24, 2.45) is 41.4 Å². The quantitative estimate of drug-likeness (QED) is 0.221. The predicted molar refractivity (Wildman–Crippen MR) is 262 cm³/mol. The summed E-state index contributed by atoms with van der Waals surface area (Å²) in [5.74, 6) is 6.83. The normalized spacial score (nSPS) is 21.4. The first-order valence-corrected chi connectivity index (χ1v) is 25.5. The van der Waals surface area contributed by atoms with Gasteiger partial charge < -0.3 is 29.4 Å². The zero-order valence-electron chi connectivity index (χ0n) is 41.9. The first-order valence-electron chi connectivity index (χ1n) is 25.5. The lowest BCUT2D eigenvalue weighted by molar-refractivity contribution is -0.134. The van der Waals surface area contributed by atoms with Crippen LogP contribution in [0.2, 0.25) is 0 Å². The maximum Gasteiger partial charge on any atom is 0.225 e. The molecule has 4 heterocycles. The minimum Gasteiger partial charge on any atom is -0.369 e. The minimum absolute atomic E-state index is 0.409. The summed E-state index contributed by atoms with van der Waals surface area (Å²) >= 11 is 0. The van der Waals surface area contributed by atoms with Crippen molar-refractivity contribution >= 4 is 11.6 Å². The number of anilines is 1. The third-order valence-corrected chi connectivity index (χ3v) is 13.4. The Bertz CT molecular complexity index is 1190. The van der Waals surface area contributed by atoms with Crippen LogP contribution >= 0.6 is 0 Å². The third-order valence-electron chi connectivity index (χ3n) is 13.4. The van der Waals surface area contributed by atoms with Crippen LogP contribution in [0.15, 0.2) is 24.3 Å². The lowest BCUT2D eigenvalue weighted by atomic mass is 9.88. The summed E-state index contributed by atoms with van der Waals surface area (Å²) in [6.45, 7) is 39.8. The SMILES string of the molecule is CC(C)CC1CCCC1.CC(C)CC1CCN(C(=O)C2CC2)CC1.CC(C)CN1CCCC1.CC(C)CN1CCN(C)CC1.CC(C)c1ccc(N2CCN(C)CC2)cc1. The van der Waals surface area contributed by atoms with E-state index in [2.05, 4.69) is 137 Å². The molecule has 2 aliphatic carbocycles. The van der Waals surface area contributed by atoms with Gasteiger partial charge in [-0.05, 0) is 138 Å². The Kier molecular flexibility index (Phi) is 25.4. The van der Waals surface area contributed by atoms with E-state index in [9.17, 15) is 4.79 Å². The Hall–Kier alpha value is -1.67. The van der Waals surface area contributed by atoms with Crippen molar-refractivity contribution in [2.75, 3.05) is 111 Å². The van der Waals surface area contributed by atoms with Gasteiger partial charge in [-0.15, -0.1) is 0 Å². The number of amides is 1. The molecule has 0 atom stereocenters. The van der Waals surface area contributed by atoms with E-state index in [1.165, 1.54) is 141 Å². The summed E-state index contributed by atoms with van der Waals surface area (Å²) in [6.07, 6.45) is 16.4. The van der Waals surface area contributed by atoms with E-state index in [0.717, 1.165) is 74.5 Å². The lowest BCUT2D eigenvalue weighted by Gasteiger charge is -2.34. The van der Waals surface area contributed by atoms with Gasteiger partial charge in [0, 0.05) is 90.1 Å². The average molecular weight is 837 g/mol. The largest absolute Gasteiger partial charge is 0.369 e. The summed E-state index contributed by atoms with van der Waals surface area (Å²) in [7, 11) is 4.39. The molecule has 0 spiro atoms. The van der Waals surface area contributed by atoms with Crippen LogP contribution in [-0.2, 0) is 4.79 Å². The molecular formula is C53H100N6O. The van der Waals surface area contributed by atoms with E-state index in [-0.39, 0.29) is 0 Å². The fraction of sp³-hybridized carbons (Fsp3) is 0.868. The second-order valence-electron chi connectivity index (χ2n) is 21.9. The fourth-order valence-corrected chi connectivity index (χ4v) is 9.72.